The van der Waals surface area contributed by atoms with Crippen molar-refractivity contribution in [3.8, 4) is 0 Å². The fourth-order valence-electron chi connectivity index (χ4n) is 4.86. The van der Waals surface area contributed by atoms with Crippen molar-refractivity contribution in [2.45, 2.75) is 25.7 Å². The molecule has 0 amide bonds. The predicted molar refractivity (Wildman–Crippen MR) is 72.8 cm³/mol. The van der Waals surface area contributed by atoms with E-state index in [0.717, 1.165) is 0 Å². The molecule has 0 spiro atoms. The Hall–Kier alpha value is -2.12. The minimum Gasteiger partial charge on any atom is -0.468 e. The molecule has 0 heterocycles. The molecule has 120 valence electrons. The molecule has 22 heavy (non-hydrogen) atoms. The average Bonchev–Trinajstić information content (AvgIpc) is 2.52. The summed E-state index contributed by atoms with van der Waals surface area (Å²) < 4.78 is 9.82. The molecule has 4 atom stereocenters. The van der Waals surface area contributed by atoms with Gasteiger partial charge in [0.2, 0.25) is 0 Å². The summed E-state index contributed by atoms with van der Waals surface area (Å²) in [6, 6.07) is 0. The first-order valence-electron chi connectivity index (χ1n) is 7.10. The van der Waals surface area contributed by atoms with Crippen molar-refractivity contribution in [2.75, 3.05) is 14.2 Å². The molecule has 0 radical (unpaired) electrons. The Bertz CT molecular complexity index is 550. The molecule has 0 aromatic heterocycles. The third kappa shape index (κ3) is 1.52. The zero-order chi connectivity index (χ0) is 16.1. The molecule has 4 bridgehead atoms. The minimum absolute atomic E-state index is 0.0468. The number of hydrogen-bond acceptors (Lipinski definition) is 8. The van der Waals surface area contributed by atoms with E-state index in [9.17, 15) is 20.0 Å². The molecule has 0 aliphatic heterocycles. The first-order chi connectivity index (χ1) is 10.5. The van der Waals surface area contributed by atoms with Gasteiger partial charge in [0.15, 0.2) is 0 Å². The average molecular weight is 310 g/mol. The highest BCUT2D eigenvalue weighted by Gasteiger charge is 2.71. The SMILES string of the molecule is COC(=O)C12CC3CC(CC(C(=O)OC)(C1)/C3=N/O)/C2=N\O. The van der Waals surface area contributed by atoms with Crippen LogP contribution in [0, 0.1) is 22.7 Å². The van der Waals surface area contributed by atoms with Crippen molar-refractivity contribution in [2.24, 2.45) is 33.0 Å². The lowest BCUT2D eigenvalue weighted by atomic mass is 9.42. The number of esters is 2. The van der Waals surface area contributed by atoms with Gasteiger partial charge in [0.25, 0.3) is 0 Å². The van der Waals surface area contributed by atoms with Crippen molar-refractivity contribution < 1.29 is 29.5 Å². The van der Waals surface area contributed by atoms with Crippen LogP contribution in [0.5, 0.6) is 0 Å². The first kappa shape index (κ1) is 14.8. The van der Waals surface area contributed by atoms with Gasteiger partial charge in [-0.15, -0.1) is 0 Å². The van der Waals surface area contributed by atoms with Crippen LogP contribution in [0.2, 0.25) is 0 Å². The van der Waals surface area contributed by atoms with Crippen molar-refractivity contribution in [1.82, 2.24) is 0 Å². The van der Waals surface area contributed by atoms with Gasteiger partial charge in [-0.1, -0.05) is 10.3 Å². The Balaban J connectivity index is 2.19. The number of hydrogen-bond donors (Lipinski definition) is 2. The first-order valence-corrected chi connectivity index (χ1v) is 7.10. The lowest BCUT2D eigenvalue weighted by Gasteiger charge is -2.58. The molecular formula is C14H18N2O6. The van der Waals surface area contributed by atoms with Crippen molar-refractivity contribution in [1.29, 1.82) is 0 Å². The Morgan fingerprint density at radius 3 is 1.73 bits per heavy atom. The highest BCUT2D eigenvalue weighted by Crippen LogP contribution is 2.63. The van der Waals surface area contributed by atoms with E-state index in [1.165, 1.54) is 14.2 Å². The summed E-state index contributed by atoms with van der Waals surface area (Å²) in [6.07, 6.45) is 1.25. The highest BCUT2D eigenvalue weighted by molar-refractivity contribution is 6.18. The van der Waals surface area contributed by atoms with E-state index >= 15 is 0 Å². The van der Waals surface area contributed by atoms with Crippen LogP contribution in [0.1, 0.15) is 25.7 Å². The number of carbonyl (C=O) groups is 2. The van der Waals surface area contributed by atoms with Gasteiger partial charge in [0, 0.05) is 11.8 Å². The number of oxime groups is 2. The van der Waals surface area contributed by atoms with Crippen LogP contribution in [-0.2, 0) is 19.1 Å². The van der Waals surface area contributed by atoms with E-state index in [4.69, 9.17) is 9.47 Å². The van der Waals surface area contributed by atoms with Gasteiger partial charge in [-0.2, -0.15) is 0 Å². The number of nitrogens with zero attached hydrogens (tertiary/aromatic N) is 2. The molecular weight excluding hydrogens is 292 g/mol. The van der Waals surface area contributed by atoms with Crippen LogP contribution >= 0.6 is 0 Å². The highest BCUT2D eigenvalue weighted by atomic mass is 16.5. The van der Waals surface area contributed by atoms with Crippen LogP contribution < -0.4 is 0 Å². The van der Waals surface area contributed by atoms with Gasteiger partial charge in [0.05, 0.1) is 25.6 Å². The quantitative estimate of drug-likeness (QED) is 0.442. The third-order valence-corrected chi connectivity index (χ3v) is 5.48. The number of rotatable bonds is 2. The molecule has 4 aliphatic rings. The van der Waals surface area contributed by atoms with Crippen LogP contribution in [0.3, 0.4) is 0 Å². The second-order valence-electron chi connectivity index (χ2n) is 6.33. The molecule has 8 nitrogen and oxygen atoms in total. The maximum atomic E-state index is 12.4. The molecule has 4 unspecified atom stereocenters. The topological polar surface area (TPSA) is 118 Å². The molecule has 4 fully saturated rings. The molecule has 0 aromatic carbocycles. The summed E-state index contributed by atoms with van der Waals surface area (Å²) >= 11 is 0. The second kappa shape index (κ2) is 4.69. The summed E-state index contributed by atoms with van der Waals surface area (Å²) in [7, 11) is 2.53. The van der Waals surface area contributed by atoms with Gasteiger partial charge in [0.1, 0.15) is 10.8 Å². The number of ether oxygens (including phenoxy) is 2. The molecule has 2 N–H and O–H groups in total. The fraction of sp³-hybridized carbons (Fsp3) is 0.714. The predicted octanol–water partition coefficient (Wildman–Crippen LogP) is 0.799. The molecule has 4 rings (SSSR count). The van der Waals surface area contributed by atoms with Gasteiger partial charge in [-0.3, -0.25) is 9.59 Å². The summed E-state index contributed by atoms with van der Waals surface area (Å²) in [4.78, 5) is 24.8. The van der Waals surface area contributed by atoms with Crippen LogP contribution in [0.25, 0.3) is 0 Å². The zero-order valence-electron chi connectivity index (χ0n) is 12.4. The Kier molecular flexibility index (Phi) is 3.15. The Morgan fingerprint density at radius 2 is 1.41 bits per heavy atom. The van der Waals surface area contributed by atoms with Crippen molar-refractivity contribution >= 4 is 23.4 Å². The maximum absolute atomic E-state index is 12.4. The maximum Gasteiger partial charge on any atom is 0.317 e. The van der Waals surface area contributed by atoms with E-state index in [1.54, 1.807) is 0 Å². The molecule has 4 aliphatic carbocycles. The zero-order valence-corrected chi connectivity index (χ0v) is 12.4. The van der Waals surface area contributed by atoms with Crippen LogP contribution in [0.15, 0.2) is 10.3 Å². The Morgan fingerprint density at radius 1 is 1.00 bits per heavy atom. The number of methoxy groups -OCH3 is 2. The van der Waals surface area contributed by atoms with Gasteiger partial charge < -0.3 is 19.9 Å². The van der Waals surface area contributed by atoms with Crippen molar-refractivity contribution in [3.05, 3.63) is 0 Å². The van der Waals surface area contributed by atoms with E-state index in [0.29, 0.717) is 30.7 Å². The molecule has 0 saturated heterocycles. The van der Waals surface area contributed by atoms with E-state index in [2.05, 4.69) is 10.3 Å². The third-order valence-electron chi connectivity index (χ3n) is 5.48. The molecule has 0 aromatic rings. The monoisotopic (exact) mass is 310 g/mol. The standard InChI is InChI=1S/C14H18N2O6/c1-21-11(17)13-4-7-3-8(9(13)15-19)5-14(6-13,10(7)16-20)12(18)22-2/h7-8,19-20H,3-6H2,1-2H3/b15-9+,16-10+. The second-order valence-corrected chi connectivity index (χ2v) is 6.33. The van der Waals surface area contributed by atoms with Crippen LogP contribution in [-0.4, -0.2) is 48.0 Å². The summed E-state index contributed by atoms with van der Waals surface area (Å²) in [5.41, 5.74) is -1.57. The number of carbonyl (C=O) groups excluding carboxylic acids is 2. The van der Waals surface area contributed by atoms with E-state index < -0.39 is 22.8 Å². The normalized spacial score (nSPS) is 42.6. The van der Waals surface area contributed by atoms with E-state index in [-0.39, 0.29) is 18.3 Å². The summed E-state index contributed by atoms with van der Waals surface area (Å²) in [6.45, 7) is 0. The summed E-state index contributed by atoms with van der Waals surface area (Å²) in [5, 5.41) is 25.5. The lowest BCUT2D eigenvalue weighted by Crippen LogP contribution is -2.67. The minimum atomic E-state index is -1.16. The smallest absolute Gasteiger partial charge is 0.317 e. The van der Waals surface area contributed by atoms with Gasteiger partial charge in [-0.25, -0.2) is 0 Å². The largest absolute Gasteiger partial charge is 0.468 e. The summed E-state index contributed by atoms with van der Waals surface area (Å²) in [5.74, 6) is -1.53. The molecule has 4 saturated carbocycles. The van der Waals surface area contributed by atoms with E-state index in [1.807, 2.05) is 0 Å². The Labute approximate surface area is 126 Å². The van der Waals surface area contributed by atoms with Crippen molar-refractivity contribution in [3.63, 3.8) is 0 Å². The lowest BCUT2D eigenvalue weighted by molar-refractivity contribution is -0.162. The van der Waals surface area contributed by atoms with Gasteiger partial charge >= 0.3 is 11.9 Å². The molecule has 8 heteroatoms. The van der Waals surface area contributed by atoms with Crippen LogP contribution in [0.4, 0.5) is 0 Å². The fourth-order valence-corrected chi connectivity index (χ4v) is 4.86. The van der Waals surface area contributed by atoms with Gasteiger partial charge in [-0.05, 0) is 25.7 Å².